The Hall–Kier alpha value is -1.55. The van der Waals surface area contributed by atoms with Gasteiger partial charge in [-0.25, -0.2) is 0 Å². The van der Waals surface area contributed by atoms with Crippen molar-refractivity contribution in [2.75, 3.05) is 12.5 Å². The molecular formula is C14H16ClN3O. The van der Waals surface area contributed by atoms with Gasteiger partial charge in [0.1, 0.15) is 5.75 Å². The van der Waals surface area contributed by atoms with Crippen molar-refractivity contribution in [1.29, 1.82) is 0 Å². The van der Waals surface area contributed by atoms with Gasteiger partial charge in [-0.1, -0.05) is 23.4 Å². The fraction of sp³-hybridized carbons (Fsp3) is 0.429. The highest BCUT2D eigenvalue weighted by Crippen LogP contribution is 2.34. The van der Waals surface area contributed by atoms with E-state index in [0.717, 1.165) is 37.4 Å². The van der Waals surface area contributed by atoms with Crippen molar-refractivity contribution in [3.63, 3.8) is 0 Å². The molecule has 5 heteroatoms. The Morgan fingerprint density at radius 3 is 3.16 bits per heavy atom. The Morgan fingerprint density at radius 2 is 2.26 bits per heavy atom. The highest BCUT2D eigenvalue weighted by molar-refractivity contribution is 6.17. The quantitative estimate of drug-likeness (QED) is 0.807. The number of fused-ring (bicyclic) bond motifs is 1. The molecule has 4 nitrogen and oxygen atoms in total. The lowest BCUT2D eigenvalue weighted by Crippen LogP contribution is -2.18. The molecule has 0 amide bonds. The Bertz CT molecular complexity index is 555. The second kappa shape index (κ2) is 5.61. The van der Waals surface area contributed by atoms with Crippen molar-refractivity contribution in [2.24, 2.45) is 0 Å². The molecule has 0 N–H and O–H groups in total. The zero-order chi connectivity index (χ0) is 13.1. The van der Waals surface area contributed by atoms with Gasteiger partial charge in [0.15, 0.2) is 0 Å². The number of rotatable bonds is 4. The first-order valence-corrected chi connectivity index (χ1v) is 7.07. The van der Waals surface area contributed by atoms with E-state index in [1.165, 1.54) is 5.56 Å². The summed E-state index contributed by atoms with van der Waals surface area (Å²) in [5, 5.41) is 8.29. The van der Waals surface area contributed by atoms with Gasteiger partial charge < -0.3 is 4.74 Å². The predicted molar refractivity (Wildman–Crippen MR) is 73.7 cm³/mol. The van der Waals surface area contributed by atoms with Crippen LogP contribution in [-0.2, 0) is 13.0 Å². The number of para-hydroxylation sites is 1. The topological polar surface area (TPSA) is 39.9 Å². The molecule has 1 atom stereocenters. The van der Waals surface area contributed by atoms with Gasteiger partial charge in [0.25, 0.3) is 0 Å². The monoisotopic (exact) mass is 277 g/mol. The average molecular weight is 278 g/mol. The third-order valence-corrected chi connectivity index (χ3v) is 3.62. The second-order valence-electron chi connectivity index (χ2n) is 4.74. The highest BCUT2D eigenvalue weighted by atomic mass is 35.5. The fourth-order valence-electron chi connectivity index (χ4n) is 2.47. The Morgan fingerprint density at radius 1 is 1.37 bits per heavy atom. The number of aromatic nitrogens is 3. The minimum atomic E-state index is 0.440. The third kappa shape index (κ3) is 2.73. The Kier molecular flexibility index (Phi) is 3.69. The van der Waals surface area contributed by atoms with Crippen LogP contribution in [0, 0.1) is 0 Å². The van der Waals surface area contributed by atoms with Gasteiger partial charge in [0.05, 0.1) is 12.3 Å². The Balaban J connectivity index is 1.76. The number of halogens is 1. The molecule has 2 aromatic rings. The molecular weight excluding hydrogens is 262 g/mol. The first-order chi connectivity index (χ1) is 9.36. The molecule has 0 aliphatic carbocycles. The molecule has 2 heterocycles. The van der Waals surface area contributed by atoms with Crippen LogP contribution in [0.4, 0.5) is 0 Å². The lowest BCUT2D eigenvalue weighted by atomic mass is 9.93. The maximum absolute atomic E-state index is 5.71. The number of hydrogen-bond donors (Lipinski definition) is 0. The van der Waals surface area contributed by atoms with Crippen LogP contribution in [-0.4, -0.2) is 27.5 Å². The summed E-state index contributed by atoms with van der Waals surface area (Å²) >= 11 is 5.71. The summed E-state index contributed by atoms with van der Waals surface area (Å²) in [6.07, 6.45) is 3.77. The largest absolute Gasteiger partial charge is 0.493 e. The van der Waals surface area contributed by atoms with Crippen molar-refractivity contribution in [2.45, 2.75) is 25.3 Å². The molecule has 1 unspecified atom stereocenters. The van der Waals surface area contributed by atoms with E-state index in [0.29, 0.717) is 11.8 Å². The average Bonchev–Trinajstić information content (AvgIpc) is 2.87. The number of hydrogen-bond acceptors (Lipinski definition) is 3. The number of aryl methyl sites for hydroxylation is 1. The molecule has 19 heavy (non-hydrogen) atoms. The zero-order valence-corrected chi connectivity index (χ0v) is 11.4. The summed E-state index contributed by atoms with van der Waals surface area (Å²) in [6.45, 7) is 1.61. The molecule has 100 valence electrons. The van der Waals surface area contributed by atoms with Crippen molar-refractivity contribution in [3.05, 3.63) is 41.7 Å². The van der Waals surface area contributed by atoms with Crippen LogP contribution >= 0.6 is 11.6 Å². The normalized spacial score (nSPS) is 17.8. The van der Waals surface area contributed by atoms with Crippen LogP contribution < -0.4 is 4.74 Å². The van der Waals surface area contributed by atoms with Crippen molar-refractivity contribution >= 4 is 11.6 Å². The van der Waals surface area contributed by atoms with E-state index in [-0.39, 0.29) is 0 Å². The van der Waals surface area contributed by atoms with Gasteiger partial charge in [-0.2, -0.15) is 0 Å². The van der Waals surface area contributed by atoms with Crippen LogP contribution in [0.15, 0.2) is 30.5 Å². The summed E-state index contributed by atoms with van der Waals surface area (Å²) in [5.74, 6) is 2.02. The smallest absolute Gasteiger partial charge is 0.122 e. The molecule has 0 radical (unpaired) electrons. The number of alkyl halides is 1. The van der Waals surface area contributed by atoms with Gasteiger partial charge in [0, 0.05) is 31.0 Å². The molecule has 0 fully saturated rings. The van der Waals surface area contributed by atoms with E-state index in [4.69, 9.17) is 16.3 Å². The SMILES string of the molecule is ClCCc1cn(CC2CCOc3ccccc32)nn1. The van der Waals surface area contributed by atoms with Crippen molar-refractivity contribution < 1.29 is 4.74 Å². The van der Waals surface area contributed by atoms with Gasteiger partial charge in [-0.05, 0) is 18.1 Å². The van der Waals surface area contributed by atoms with Crippen LogP contribution in [0.25, 0.3) is 0 Å². The van der Waals surface area contributed by atoms with Gasteiger partial charge >= 0.3 is 0 Å². The van der Waals surface area contributed by atoms with Crippen LogP contribution in [0.3, 0.4) is 0 Å². The molecule has 1 aliphatic heterocycles. The maximum atomic E-state index is 5.71. The van der Waals surface area contributed by atoms with E-state index >= 15 is 0 Å². The lowest BCUT2D eigenvalue weighted by molar-refractivity contribution is 0.256. The molecule has 0 saturated heterocycles. The Labute approximate surface area is 117 Å². The molecule has 3 rings (SSSR count). The minimum absolute atomic E-state index is 0.440. The molecule has 0 saturated carbocycles. The second-order valence-corrected chi connectivity index (χ2v) is 5.12. The van der Waals surface area contributed by atoms with Crippen molar-refractivity contribution in [1.82, 2.24) is 15.0 Å². The van der Waals surface area contributed by atoms with Crippen LogP contribution in [0.5, 0.6) is 5.75 Å². The number of ether oxygens (including phenoxy) is 1. The van der Waals surface area contributed by atoms with Crippen molar-refractivity contribution in [3.8, 4) is 5.75 Å². The molecule has 0 spiro atoms. The lowest BCUT2D eigenvalue weighted by Gasteiger charge is -2.25. The molecule has 1 aromatic heterocycles. The van der Waals surface area contributed by atoms with Gasteiger partial charge in [-0.3, -0.25) is 4.68 Å². The predicted octanol–water partition coefficient (Wildman–Crippen LogP) is 2.63. The summed E-state index contributed by atoms with van der Waals surface area (Å²) in [6, 6.07) is 8.23. The minimum Gasteiger partial charge on any atom is -0.493 e. The summed E-state index contributed by atoms with van der Waals surface area (Å²) < 4.78 is 7.58. The third-order valence-electron chi connectivity index (χ3n) is 3.43. The van der Waals surface area contributed by atoms with Crippen LogP contribution in [0.1, 0.15) is 23.6 Å². The van der Waals surface area contributed by atoms with E-state index < -0.39 is 0 Å². The van der Waals surface area contributed by atoms with E-state index in [2.05, 4.69) is 22.4 Å². The first kappa shape index (κ1) is 12.5. The molecule has 1 aliphatic rings. The fourth-order valence-corrected chi connectivity index (χ4v) is 2.66. The summed E-state index contributed by atoms with van der Waals surface area (Å²) in [4.78, 5) is 0. The maximum Gasteiger partial charge on any atom is 0.122 e. The summed E-state index contributed by atoms with van der Waals surface area (Å²) in [7, 11) is 0. The van der Waals surface area contributed by atoms with E-state index in [9.17, 15) is 0 Å². The standard InChI is InChI=1S/C14H16ClN3O/c15-7-5-12-10-18(17-16-12)9-11-6-8-19-14-4-2-1-3-13(11)14/h1-4,10-11H,5-9H2. The zero-order valence-electron chi connectivity index (χ0n) is 10.6. The van der Waals surface area contributed by atoms with Crippen LogP contribution in [0.2, 0.25) is 0 Å². The van der Waals surface area contributed by atoms with Gasteiger partial charge in [-0.15, -0.1) is 16.7 Å². The molecule has 0 bridgehead atoms. The van der Waals surface area contributed by atoms with E-state index in [1.807, 2.05) is 23.0 Å². The first-order valence-electron chi connectivity index (χ1n) is 6.53. The molecule has 1 aromatic carbocycles. The number of benzene rings is 1. The van der Waals surface area contributed by atoms with E-state index in [1.54, 1.807) is 0 Å². The highest BCUT2D eigenvalue weighted by Gasteiger charge is 2.21. The summed E-state index contributed by atoms with van der Waals surface area (Å²) in [5.41, 5.74) is 2.22. The number of nitrogens with zero attached hydrogens (tertiary/aromatic N) is 3. The van der Waals surface area contributed by atoms with Gasteiger partial charge in [0.2, 0.25) is 0 Å².